The van der Waals surface area contributed by atoms with Gasteiger partial charge < -0.3 is 10.5 Å². The van der Waals surface area contributed by atoms with Crippen molar-refractivity contribution in [3.8, 4) is 0 Å². The van der Waals surface area contributed by atoms with Gasteiger partial charge in [-0.1, -0.05) is 19.3 Å². The average molecular weight is 277 g/mol. The van der Waals surface area contributed by atoms with Gasteiger partial charge in [-0.3, -0.25) is 0 Å². The Morgan fingerprint density at radius 3 is 2.68 bits per heavy atom. The Morgan fingerprint density at radius 1 is 1.26 bits per heavy atom. The highest BCUT2D eigenvalue weighted by Crippen LogP contribution is 2.40. The third kappa shape index (κ3) is 2.11. The van der Waals surface area contributed by atoms with Gasteiger partial charge in [0.1, 0.15) is 16.2 Å². The molecule has 0 aliphatic heterocycles. The Kier molecular flexibility index (Phi) is 3.19. The Morgan fingerprint density at radius 2 is 2.00 bits per heavy atom. The van der Waals surface area contributed by atoms with Crippen LogP contribution in [0, 0.1) is 6.92 Å². The molecule has 2 N–H and O–H groups in total. The number of rotatable bonds is 2. The number of fused-ring (bicyclic) bond motifs is 1. The van der Waals surface area contributed by atoms with Crippen molar-refractivity contribution in [3.63, 3.8) is 0 Å². The largest absolute Gasteiger partial charge is 0.383 e. The molecule has 0 saturated heterocycles. The van der Waals surface area contributed by atoms with E-state index < -0.39 is 0 Å². The summed E-state index contributed by atoms with van der Waals surface area (Å²) < 4.78 is 5.80. The van der Waals surface area contributed by atoms with Crippen molar-refractivity contribution in [2.24, 2.45) is 0 Å². The summed E-state index contributed by atoms with van der Waals surface area (Å²) in [6.07, 6.45) is 5.57. The first-order valence-corrected chi connectivity index (χ1v) is 7.55. The summed E-state index contributed by atoms with van der Waals surface area (Å²) in [6.45, 7) is 2.07. The van der Waals surface area contributed by atoms with E-state index >= 15 is 0 Å². The van der Waals surface area contributed by atoms with Crippen LogP contribution in [0.4, 0.5) is 5.82 Å². The smallest absolute Gasteiger partial charge is 0.164 e. The van der Waals surface area contributed by atoms with E-state index in [1.807, 2.05) is 0 Å². The molecule has 0 bridgehead atoms. The highest BCUT2D eigenvalue weighted by Gasteiger charge is 2.37. The molecule has 1 aliphatic carbocycles. The maximum atomic E-state index is 6.09. The highest BCUT2D eigenvalue weighted by molar-refractivity contribution is 7.18. The number of methoxy groups -OCH3 is 1. The summed E-state index contributed by atoms with van der Waals surface area (Å²) >= 11 is 1.67. The zero-order valence-corrected chi connectivity index (χ0v) is 12.2. The van der Waals surface area contributed by atoms with Gasteiger partial charge in [-0.25, -0.2) is 9.97 Å². The minimum absolute atomic E-state index is 0.335. The number of nitrogens with two attached hydrogens (primary N) is 1. The normalized spacial score (nSPS) is 18.8. The van der Waals surface area contributed by atoms with E-state index in [2.05, 4.69) is 18.0 Å². The summed E-state index contributed by atoms with van der Waals surface area (Å²) in [4.78, 5) is 11.4. The number of nitrogen functional groups attached to an aromatic ring is 1. The van der Waals surface area contributed by atoms with Gasteiger partial charge in [0.15, 0.2) is 5.82 Å². The number of thiophene rings is 1. The van der Waals surface area contributed by atoms with Crippen LogP contribution in [0.2, 0.25) is 0 Å². The van der Waals surface area contributed by atoms with Crippen molar-refractivity contribution in [1.82, 2.24) is 9.97 Å². The van der Waals surface area contributed by atoms with Crippen LogP contribution in [0.15, 0.2) is 6.07 Å². The van der Waals surface area contributed by atoms with E-state index in [0.717, 1.165) is 28.9 Å². The van der Waals surface area contributed by atoms with Crippen LogP contribution in [0.1, 0.15) is 42.8 Å². The molecular formula is C14H19N3OS. The lowest BCUT2D eigenvalue weighted by molar-refractivity contribution is -0.0511. The van der Waals surface area contributed by atoms with Crippen LogP contribution >= 0.6 is 11.3 Å². The molecule has 102 valence electrons. The fraction of sp³-hybridized carbons (Fsp3) is 0.571. The lowest BCUT2D eigenvalue weighted by atomic mass is 9.84. The summed E-state index contributed by atoms with van der Waals surface area (Å²) in [5, 5.41) is 0.966. The molecule has 1 aliphatic rings. The summed E-state index contributed by atoms with van der Waals surface area (Å²) in [6, 6.07) is 2.06. The van der Waals surface area contributed by atoms with Crippen LogP contribution in [0.5, 0.6) is 0 Å². The lowest BCUT2D eigenvalue weighted by Crippen LogP contribution is -2.33. The lowest BCUT2D eigenvalue weighted by Gasteiger charge is -2.34. The second kappa shape index (κ2) is 4.72. The van der Waals surface area contributed by atoms with Gasteiger partial charge in [0.2, 0.25) is 0 Å². The predicted octanol–water partition coefficient (Wildman–Crippen LogP) is 3.39. The first-order chi connectivity index (χ1) is 9.14. The van der Waals surface area contributed by atoms with Gasteiger partial charge in [-0.15, -0.1) is 11.3 Å². The first kappa shape index (κ1) is 12.8. The van der Waals surface area contributed by atoms with Crippen molar-refractivity contribution >= 4 is 27.4 Å². The topological polar surface area (TPSA) is 61.0 Å². The Labute approximate surface area is 117 Å². The third-order valence-corrected chi connectivity index (χ3v) is 4.95. The third-order valence-electron chi connectivity index (χ3n) is 4.00. The molecule has 2 heterocycles. The number of hydrogen-bond donors (Lipinski definition) is 1. The maximum absolute atomic E-state index is 6.09. The van der Waals surface area contributed by atoms with Gasteiger partial charge in [-0.2, -0.15) is 0 Å². The van der Waals surface area contributed by atoms with Gasteiger partial charge in [-0.05, 0) is 25.8 Å². The molecule has 0 unspecified atom stereocenters. The molecule has 4 nitrogen and oxygen atoms in total. The van der Waals surface area contributed by atoms with Crippen molar-refractivity contribution in [3.05, 3.63) is 16.8 Å². The van der Waals surface area contributed by atoms with E-state index in [1.165, 1.54) is 24.1 Å². The molecule has 0 radical (unpaired) electrons. The molecule has 1 saturated carbocycles. The molecule has 19 heavy (non-hydrogen) atoms. The summed E-state index contributed by atoms with van der Waals surface area (Å²) in [7, 11) is 1.76. The molecule has 5 heteroatoms. The standard InChI is InChI=1S/C14H19N3OS/c1-9-8-10-11(15)16-13(17-12(10)19-9)14(18-2)6-4-3-5-7-14/h8H,3-7H2,1-2H3,(H2,15,16,17). The van der Waals surface area contributed by atoms with Crippen LogP contribution in [0.25, 0.3) is 10.2 Å². The zero-order chi connectivity index (χ0) is 13.5. The van der Waals surface area contributed by atoms with Crippen LogP contribution in [-0.4, -0.2) is 17.1 Å². The van der Waals surface area contributed by atoms with E-state index in [9.17, 15) is 0 Å². The molecule has 0 aromatic carbocycles. The maximum Gasteiger partial charge on any atom is 0.164 e. The van der Waals surface area contributed by atoms with Gasteiger partial charge in [0, 0.05) is 12.0 Å². The molecule has 2 aromatic heterocycles. The van der Waals surface area contributed by atoms with Crippen molar-refractivity contribution in [1.29, 1.82) is 0 Å². The first-order valence-electron chi connectivity index (χ1n) is 6.74. The molecule has 0 spiro atoms. The minimum Gasteiger partial charge on any atom is -0.383 e. The number of aromatic nitrogens is 2. The van der Waals surface area contributed by atoms with Gasteiger partial charge in [0.05, 0.1) is 5.39 Å². The number of anilines is 1. The summed E-state index contributed by atoms with van der Waals surface area (Å²) in [5.41, 5.74) is 5.76. The summed E-state index contributed by atoms with van der Waals surface area (Å²) in [5.74, 6) is 1.34. The predicted molar refractivity (Wildman–Crippen MR) is 78.3 cm³/mol. The van der Waals surface area contributed by atoms with Gasteiger partial charge >= 0.3 is 0 Å². The van der Waals surface area contributed by atoms with Crippen molar-refractivity contribution < 1.29 is 4.74 Å². The minimum atomic E-state index is -0.335. The van der Waals surface area contributed by atoms with E-state index in [0.29, 0.717) is 5.82 Å². The van der Waals surface area contributed by atoms with Crippen LogP contribution < -0.4 is 5.73 Å². The van der Waals surface area contributed by atoms with Crippen LogP contribution in [0.3, 0.4) is 0 Å². The molecule has 0 amide bonds. The van der Waals surface area contributed by atoms with E-state index in [1.54, 1.807) is 18.4 Å². The Hall–Kier alpha value is -1.20. The highest BCUT2D eigenvalue weighted by atomic mass is 32.1. The molecule has 3 rings (SSSR count). The van der Waals surface area contributed by atoms with Crippen LogP contribution in [-0.2, 0) is 10.3 Å². The number of ether oxygens (including phenoxy) is 1. The van der Waals surface area contributed by atoms with Crippen molar-refractivity contribution in [2.45, 2.75) is 44.6 Å². The quantitative estimate of drug-likeness (QED) is 0.914. The number of aryl methyl sites for hydroxylation is 1. The Bertz CT molecular complexity index is 602. The zero-order valence-electron chi connectivity index (χ0n) is 11.4. The molecule has 0 atom stereocenters. The number of hydrogen-bond acceptors (Lipinski definition) is 5. The second-order valence-corrected chi connectivity index (χ2v) is 6.50. The van der Waals surface area contributed by atoms with E-state index in [4.69, 9.17) is 15.5 Å². The Balaban J connectivity index is 2.13. The monoisotopic (exact) mass is 277 g/mol. The van der Waals surface area contributed by atoms with Crippen molar-refractivity contribution in [2.75, 3.05) is 12.8 Å². The molecular weight excluding hydrogens is 258 g/mol. The van der Waals surface area contributed by atoms with Gasteiger partial charge in [0.25, 0.3) is 0 Å². The molecule has 2 aromatic rings. The average Bonchev–Trinajstić information content (AvgIpc) is 2.80. The number of nitrogens with zero attached hydrogens (tertiary/aromatic N) is 2. The van der Waals surface area contributed by atoms with E-state index in [-0.39, 0.29) is 5.60 Å². The molecule has 1 fully saturated rings. The fourth-order valence-corrected chi connectivity index (χ4v) is 3.80. The fourth-order valence-electron chi connectivity index (χ4n) is 2.91. The second-order valence-electron chi connectivity index (χ2n) is 5.27. The SMILES string of the molecule is COC1(c2nc(N)c3cc(C)sc3n2)CCCCC1.